The molecule has 7 nitrogen and oxygen atoms in total. The molecule has 0 saturated carbocycles. The molecule has 20 heavy (non-hydrogen) atoms. The third-order valence-corrected chi connectivity index (χ3v) is 2.48. The summed E-state index contributed by atoms with van der Waals surface area (Å²) >= 11 is 0. The molecule has 3 rings (SSSR count). The van der Waals surface area contributed by atoms with Crippen molar-refractivity contribution in [3.05, 3.63) is 24.1 Å². The Hall–Kier alpha value is -2.42. The molecule has 9 heteroatoms. The lowest BCUT2D eigenvalue weighted by atomic mass is 10.3. The van der Waals surface area contributed by atoms with E-state index in [0.717, 1.165) is 0 Å². The Kier molecular flexibility index (Phi) is 2.90. The summed E-state index contributed by atoms with van der Waals surface area (Å²) in [7, 11) is 0. The van der Waals surface area contributed by atoms with Crippen molar-refractivity contribution >= 4 is 11.7 Å². The van der Waals surface area contributed by atoms with Gasteiger partial charge in [0.25, 0.3) is 0 Å². The minimum absolute atomic E-state index is 0.0325. The van der Waals surface area contributed by atoms with E-state index in [4.69, 9.17) is 10.2 Å². The van der Waals surface area contributed by atoms with Gasteiger partial charge in [-0.15, -0.1) is 13.9 Å². The summed E-state index contributed by atoms with van der Waals surface area (Å²) in [6.07, 6.45) is -3.18. The van der Waals surface area contributed by atoms with E-state index in [0.29, 0.717) is 24.5 Å². The lowest BCUT2D eigenvalue weighted by Gasteiger charge is -2.04. The number of hydrogen-bond donors (Lipinski definition) is 2. The monoisotopic (exact) mass is 284 g/mol. The van der Waals surface area contributed by atoms with Crippen LogP contribution >= 0.6 is 0 Å². The zero-order chi connectivity index (χ0) is 14.2. The van der Waals surface area contributed by atoms with Crippen LogP contribution in [0.25, 0.3) is 0 Å². The number of anilines is 2. The highest BCUT2D eigenvalue weighted by Gasteiger charge is 2.43. The number of alkyl halides is 2. The lowest BCUT2D eigenvalue weighted by Crippen LogP contribution is -2.25. The van der Waals surface area contributed by atoms with Crippen molar-refractivity contribution in [2.24, 2.45) is 5.73 Å². The molecular formula is C11H10F2N4O3. The predicted octanol–water partition coefficient (Wildman–Crippen LogP) is 1.64. The third kappa shape index (κ3) is 2.48. The Bertz CT molecular complexity index is 632. The van der Waals surface area contributed by atoms with Crippen molar-refractivity contribution in [2.75, 3.05) is 11.9 Å². The van der Waals surface area contributed by atoms with Crippen molar-refractivity contribution in [1.82, 2.24) is 10.2 Å². The van der Waals surface area contributed by atoms with Gasteiger partial charge in [0.05, 0.1) is 0 Å². The quantitative estimate of drug-likeness (QED) is 0.881. The van der Waals surface area contributed by atoms with E-state index in [-0.39, 0.29) is 17.5 Å². The second-order valence-corrected chi connectivity index (χ2v) is 3.99. The van der Waals surface area contributed by atoms with Gasteiger partial charge in [-0.3, -0.25) is 0 Å². The Morgan fingerprint density at radius 2 is 2.00 bits per heavy atom. The Morgan fingerprint density at radius 3 is 2.80 bits per heavy atom. The molecule has 0 bridgehead atoms. The maximum Gasteiger partial charge on any atom is 0.586 e. The molecule has 2 aromatic rings. The van der Waals surface area contributed by atoms with Crippen LogP contribution in [0.5, 0.6) is 11.5 Å². The zero-order valence-corrected chi connectivity index (χ0v) is 10.1. The minimum Gasteiger partial charge on any atom is -0.408 e. The predicted molar refractivity (Wildman–Crippen MR) is 63.0 cm³/mol. The van der Waals surface area contributed by atoms with Crippen molar-refractivity contribution in [1.29, 1.82) is 0 Å². The SMILES string of the molecule is NCCc1nnc(Nc2ccc3c(c2)OC(F)(F)O3)o1. The van der Waals surface area contributed by atoms with E-state index in [1.54, 1.807) is 0 Å². The number of benzene rings is 1. The van der Waals surface area contributed by atoms with Gasteiger partial charge in [0.15, 0.2) is 11.5 Å². The molecule has 0 amide bonds. The Labute approximate surface area is 111 Å². The van der Waals surface area contributed by atoms with Crippen LogP contribution in [0.1, 0.15) is 5.89 Å². The number of ether oxygens (including phenoxy) is 2. The largest absolute Gasteiger partial charge is 0.586 e. The van der Waals surface area contributed by atoms with Crippen LogP contribution in [0.3, 0.4) is 0 Å². The van der Waals surface area contributed by atoms with E-state index < -0.39 is 6.29 Å². The third-order valence-electron chi connectivity index (χ3n) is 2.48. The van der Waals surface area contributed by atoms with Crippen LogP contribution in [0.2, 0.25) is 0 Å². The van der Waals surface area contributed by atoms with E-state index >= 15 is 0 Å². The summed E-state index contributed by atoms with van der Waals surface area (Å²) in [4.78, 5) is 0. The zero-order valence-electron chi connectivity index (χ0n) is 10.1. The fourth-order valence-electron chi connectivity index (χ4n) is 1.68. The molecule has 0 aliphatic carbocycles. The Morgan fingerprint density at radius 1 is 1.20 bits per heavy atom. The minimum atomic E-state index is -3.64. The molecule has 1 aromatic heterocycles. The first kappa shape index (κ1) is 12.6. The van der Waals surface area contributed by atoms with Gasteiger partial charge in [-0.05, 0) is 12.1 Å². The number of aromatic nitrogens is 2. The normalized spacial score (nSPS) is 15.3. The summed E-state index contributed by atoms with van der Waals surface area (Å²) in [5.41, 5.74) is 5.81. The first-order valence-corrected chi connectivity index (χ1v) is 5.75. The molecule has 0 unspecified atom stereocenters. The van der Waals surface area contributed by atoms with Gasteiger partial charge in [-0.25, -0.2) is 0 Å². The van der Waals surface area contributed by atoms with Crippen LogP contribution in [0, 0.1) is 0 Å². The van der Waals surface area contributed by atoms with Crippen molar-refractivity contribution < 1.29 is 22.7 Å². The van der Waals surface area contributed by atoms with Gasteiger partial charge in [-0.1, -0.05) is 5.10 Å². The Balaban J connectivity index is 1.75. The smallest absolute Gasteiger partial charge is 0.408 e. The standard InChI is InChI=1S/C11H10F2N4O3/c12-11(13)19-7-2-1-6(5-8(7)20-11)15-10-17-16-9(18-10)3-4-14/h1-2,5H,3-4,14H2,(H,15,17). The number of nitrogens with zero attached hydrogens (tertiary/aromatic N) is 2. The summed E-state index contributed by atoms with van der Waals surface area (Å²) < 4.78 is 39.6. The van der Waals surface area contributed by atoms with Gasteiger partial charge in [-0.2, -0.15) is 0 Å². The summed E-state index contributed by atoms with van der Waals surface area (Å²) in [5, 5.41) is 10.3. The lowest BCUT2D eigenvalue weighted by molar-refractivity contribution is -0.286. The fraction of sp³-hybridized carbons (Fsp3) is 0.273. The van der Waals surface area contributed by atoms with E-state index in [1.807, 2.05) is 0 Å². The summed E-state index contributed by atoms with van der Waals surface area (Å²) in [5.74, 6) is 0.291. The summed E-state index contributed by atoms with van der Waals surface area (Å²) in [6.45, 7) is 0.390. The number of fused-ring (bicyclic) bond motifs is 1. The molecule has 106 valence electrons. The number of rotatable bonds is 4. The maximum atomic E-state index is 12.9. The first-order chi connectivity index (χ1) is 9.55. The number of nitrogens with two attached hydrogens (primary N) is 1. The highest BCUT2D eigenvalue weighted by molar-refractivity contribution is 5.59. The second-order valence-electron chi connectivity index (χ2n) is 3.99. The molecule has 1 aliphatic heterocycles. The first-order valence-electron chi connectivity index (χ1n) is 5.75. The molecule has 0 saturated heterocycles. The van der Waals surface area contributed by atoms with Crippen LogP contribution in [-0.4, -0.2) is 23.0 Å². The van der Waals surface area contributed by atoms with Crippen LogP contribution in [-0.2, 0) is 6.42 Å². The fourth-order valence-corrected chi connectivity index (χ4v) is 1.68. The highest BCUT2D eigenvalue weighted by Crippen LogP contribution is 2.42. The number of nitrogens with one attached hydrogen (secondary N) is 1. The molecular weight excluding hydrogens is 274 g/mol. The number of hydrogen-bond acceptors (Lipinski definition) is 7. The summed E-state index contributed by atoms with van der Waals surface area (Å²) in [6, 6.07) is 4.37. The second kappa shape index (κ2) is 4.60. The topological polar surface area (TPSA) is 95.4 Å². The van der Waals surface area contributed by atoms with E-state index in [2.05, 4.69) is 25.0 Å². The molecule has 0 atom stereocenters. The van der Waals surface area contributed by atoms with E-state index in [9.17, 15) is 8.78 Å². The van der Waals surface area contributed by atoms with Gasteiger partial charge in [0.1, 0.15) is 0 Å². The average Bonchev–Trinajstić information content (AvgIpc) is 2.92. The number of halogens is 2. The van der Waals surface area contributed by atoms with E-state index in [1.165, 1.54) is 18.2 Å². The van der Waals surface area contributed by atoms with Crippen LogP contribution in [0.4, 0.5) is 20.5 Å². The van der Waals surface area contributed by atoms with Crippen LogP contribution in [0.15, 0.2) is 22.6 Å². The average molecular weight is 284 g/mol. The van der Waals surface area contributed by atoms with Gasteiger partial charge in [0, 0.05) is 24.7 Å². The molecule has 3 N–H and O–H groups in total. The molecule has 0 radical (unpaired) electrons. The molecule has 1 aromatic carbocycles. The molecule has 0 spiro atoms. The van der Waals surface area contributed by atoms with Gasteiger partial charge in [0.2, 0.25) is 5.89 Å². The molecule has 1 aliphatic rings. The highest BCUT2D eigenvalue weighted by atomic mass is 19.3. The maximum absolute atomic E-state index is 12.9. The van der Waals surface area contributed by atoms with Crippen molar-refractivity contribution in [3.8, 4) is 11.5 Å². The van der Waals surface area contributed by atoms with Crippen LogP contribution < -0.4 is 20.5 Å². The van der Waals surface area contributed by atoms with Crippen molar-refractivity contribution in [3.63, 3.8) is 0 Å². The molecule has 0 fully saturated rings. The van der Waals surface area contributed by atoms with Gasteiger partial charge < -0.3 is 24.9 Å². The molecule has 2 heterocycles. The van der Waals surface area contributed by atoms with Gasteiger partial charge >= 0.3 is 12.3 Å². The van der Waals surface area contributed by atoms with Crippen molar-refractivity contribution in [2.45, 2.75) is 12.7 Å².